The molecule has 0 radical (unpaired) electrons. The van der Waals surface area contributed by atoms with E-state index < -0.39 is 0 Å². The second-order valence-electron chi connectivity index (χ2n) is 7.45. The maximum atomic E-state index is 13.0. The molecule has 2 heterocycles. The topological polar surface area (TPSA) is 34.5 Å². The molecule has 0 N–H and O–H groups in total. The van der Waals surface area contributed by atoms with Crippen molar-refractivity contribution >= 4 is 16.8 Å². The summed E-state index contributed by atoms with van der Waals surface area (Å²) in [5.41, 5.74) is 3.39. The van der Waals surface area contributed by atoms with Gasteiger partial charge in [0.1, 0.15) is 0 Å². The molecule has 1 aliphatic heterocycles. The van der Waals surface area contributed by atoms with E-state index >= 15 is 0 Å². The molecule has 1 amide bonds. The molecule has 0 atom stereocenters. The Balaban J connectivity index is 1.40. The number of aryl methyl sites for hydroxylation is 2. The molecule has 2 aromatic carbocycles. The van der Waals surface area contributed by atoms with Gasteiger partial charge in [-0.25, -0.2) is 0 Å². The standard InChI is InChI=1S/C24H28N2O2/c27-24(25-15-17-28-18-16-25)22-19-26(23-13-7-6-12-21(22)23)14-8-2-5-11-20-9-3-1-4-10-20/h1,3-4,6-7,9-10,12-13,19H,2,5,8,11,14-18H2. The number of carbonyl (C=O) groups excluding carboxylic acids is 1. The Morgan fingerprint density at radius 2 is 1.64 bits per heavy atom. The molecule has 3 aromatic rings. The third kappa shape index (κ3) is 4.28. The summed E-state index contributed by atoms with van der Waals surface area (Å²) in [6.45, 7) is 3.57. The van der Waals surface area contributed by atoms with E-state index in [1.165, 1.54) is 18.4 Å². The summed E-state index contributed by atoms with van der Waals surface area (Å²) in [5.74, 6) is 0.127. The van der Waals surface area contributed by atoms with Crippen molar-refractivity contribution in [3.8, 4) is 0 Å². The number of ether oxygens (including phenoxy) is 1. The Bertz CT molecular complexity index is 911. The van der Waals surface area contributed by atoms with Crippen LogP contribution in [0.1, 0.15) is 35.2 Å². The van der Waals surface area contributed by atoms with Crippen LogP contribution in [0.15, 0.2) is 60.8 Å². The van der Waals surface area contributed by atoms with Gasteiger partial charge in [0, 0.05) is 36.7 Å². The highest BCUT2D eigenvalue weighted by Crippen LogP contribution is 2.24. The zero-order valence-corrected chi connectivity index (χ0v) is 16.3. The van der Waals surface area contributed by atoms with Crippen molar-refractivity contribution in [1.82, 2.24) is 9.47 Å². The van der Waals surface area contributed by atoms with Crippen molar-refractivity contribution in [3.05, 3.63) is 71.9 Å². The van der Waals surface area contributed by atoms with Gasteiger partial charge < -0.3 is 14.2 Å². The molecular formula is C24H28N2O2. The van der Waals surface area contributed by atoms with E-state index in [2.05, 4.69) is 59.3 Å². The summed E-state index contributed by atoms with van der Waals surface area (Å²) >= 11 is 0. The summed E-state index contributed by atoms with van der Waals surface area (Å²) in [6.07, 6.45) is 6.70. The predicted octanol–water partition coefficient (Wildman–Crippen LogP) is 4.53. The van der Waals surface area contributed by atoms with Gasteiger partial charge in [-0.1, -0.05) is 55.0 Å². The maximum Gasteiger partial charge on any atom is 0.256 e. The molecule has 0 bridgehead atoms. The van der Waals surface area contributed by atoms with Crippen molar-refractivity contribution < 1.29 is 9.53 Å². The minimum atomic E-state index is 0.127. The third-order valence-electron chi connectivity index (χ3n) is 5.52. The minimum Gasteiger partial charge on any atom is -0.378 e. The Morgan fingerprint density at radius 3 is 2.46 bits per heavy atom. The molecular weight excluding hydrogens is 348 g/mol. The summed E-state index contributed by atoms with van der Waals surface area (Å²) in [4.78, 5) is 14.9. The summed E-state index contributed by atoms with van der Waals surface area (Å²) in [7, 11) is 0. The Hall–Kier alpha value is -2.59. The zero-order valence-electron chi connectivity index (χ0n) is 16.3. The fourth-order valence-electron chi connectivity index (χ4n) is 3.97. The average molecular weight is 377 g/mol. The van der Waals surface area contributed by atoms with E-state index in [4.69, 9.17) is 4.74 Å². The SMILES string of the molecule is O=C(c1cn(CCCCCc2ccccc2)c2ccccc12)N1CCOCC1. The van der Waals surface area contributed by atoms with E-state index in [0.717, 1.165) is 35.9 Å². The van der Waals surface area contributed by atoms with Gasteiger partial charge in [-0.15, -0.1) is 0 Å². The molecule has 28 heavy (non-hydrogen) atoms. The molecule has 146 valence electrons. The number of morpholine rings is 1. The first kappa shape index (κ1) is 18.8. The fraction of sp³-hybridized carbons (Fsp3) is 0.375. The van der Waals surface area contributed by atoms with Gasteiger partial charge >= 0.3 is 0 Å². The molecule has 1 saturated heterocycles. The average Bonchev–Trinajstić information content (AvgIpc) is 3.13. The highest BCUT2D eigenvalue weighted by atomic mass is 16.5. The lowest BCUT2D eigenvalue weighted by Gasteiger charge is -2.26. The number of nitrogens with zero attached hydrogens (tertiary/aromatic N) is 2. The van der Waals surface area contributed by atoms with Crippen LogP contribution in [0.4, 0.5) is 0 Å². The van der Waals surface area contributed by atoms with Crippen molar-refractivity contribution in [1.29, 1.82) is 0 Å². The van der Waals surface area contributed by atoms with Gasteiger partial charge in [-0.05, 0) is 30.9 Å². The number of carbonyl (C=O) groups is 1. The maximum absolute atomic E-state index is 13.0. The number of benzene rings is 2. The fourth-order valence-corrected chi connectivity index (χ4v) is 3.97. The number of fused-ring (bicyclic) bond motifs is 1. The predicted molar refractivity (Wildman–Crippen MR) is 113 cm³/mol. The third-order valence-corrected chi connectivity index (χ3v) is 5.52. The molecule has 0 spiro atoms. The first-order valence-electron chi connectivity index (χ1n) is 10.3. The van der Waals surface area contributed by atoms with Crippen LogP contribution in [0.3, 0.4) is 0 Å². The van der Waals surface area contributed by atoms with E-state index in [0.29, 0.717) is 26.3 Å². The Morgan fingerprint density at radius 1 is 0.893 bits per heavy atom. The van der Waals surface area contributed by atoms with Gasteiger partial charge in [-0.3, -0.25) is 4.79 Å². The lowest BCUT2D eigenvalue weighted by atomic mass is 10.1. The monoisotopic (exact) mass is 376 g/mol. The largest absolute Gasteiger partial charge is 0.378 e. The first-order valence-corrected chi connectivity index (χ1v) is 10.3. The van der Waals surface area contributed by atoms with Crippen molar-refractivity contribution in [2.45, 2.75) is 32.2 Å². The molecule has 4 nitrogen and oxygen atoms in total. The van der Waals surface area contributed by atoms with Crippen LogP contribution < -0.4 is 0 Å². The van der Waals surface area contributed by atoms with E-state index in [9.17, 15) is 4.79 Å². The lowest BCUT2D eigenvalue weighted by Crippen LogP contribution is -2.40. The highest BCUT2D eigenvalue weighted by molar-refractivity contribution is 6.07. The number of aromatic nitrogens is 1. The normalized spacial score (nSPS) is 14.5. The second-order valence-corrected chi connectivity index (χ2v) is 7.45. The highest BCUT2D eigenvalue weighted by Gasteiger charge is 2.22. The number of amides is 1. The molecule has 0 aliphatic carbocycles. The number of unbranched alkanes of at least 4 members (excludes halogenated alkanes) is 2. The van der Waals surface area contributed by atoms with Crippen LogP contribution in [0.5, 0.6) is 0 Å². The molecule has 1 aliphatic rings. The molecule has 4 heteroatoms. The van der Waals surface area contributed by atoms with Crippen molar-refractivity contribution in [2.75, 3.05) is 26.3 Å². The Labute approximate surface area is 166 Å². The molecule has 1 aromatic heterocycles. The summed E-state index contributed by atoms with van der Waals surface area (Å²) < 4.78 is 7.64. The number of para-hydroxylation sites is 1. The quantitative estimate of drug-likeness (QED) is 0.568. The number of hydrogen-bond acceptors (Lipinski definition) is 2. The molecule has 0 saturated carbocycles. The Kier molecular flexibility index (Phi) is 6.07. The first-order chi connectivity index (χ1) is 13.8. The smallest absolute Gasteiger partial charge is 0.256 e. The van der Waals surface area contributed by atoms with Crippen LogP contribution in [-0.2, 0) is 17.7 Å². The van der Waals surface area contributed by atoms with Crippen LogP contribution >= 0.6 is 0 Å². The second kappa shape index (κ2) is 9.07. The van der Waals surface area contributed by atoms with E-state index in [-0.39, 0.29) is 5.91 Å². The van der Waals surface area contributed by atoms with Gasteiger partial charge in [0.25, 0.3) is 5.91 Å². The molecule has 1 fully saturated rings. The van der Waals surface area contributed by atoms with Gasteiger partial charge in [0.2, 0.25) is 0 Å². The van der Waals surface area contributed by atoms with Crippen LogP contribution in [0.25, 0.3) is 10.9 Å². The van der Waals surface area contributed by atoms with E-state index in [1.807, 2.05) is 11.0 Å². The summed E-state index contributed by atoms with van der Waals surface area (Å²) in [5, 5.41) is 1.06. The van der Waals surface area contributed by atoms with Crippen molar-refractivity contribution in [3.63, 3.8) is 0 Å². The molecule has 4 rings (SSSR count). The van der Waals surface area contributed by atoms with Crippen LogP contribution in [-0.4, -0.2) is 41.7 Å². The van der Waals surface area contributed by atoms with Crippen LogP contribution in [0, 0.1) is 0 Å². The number of rotatable bonds is 7. The molecule has 0 unspecified atom stereocenters. The van der Waals surface area contributed by atoms with Crippen molar-refractivity contribution in [2.24, 2.45) is 0 Å². The van der Waals surface area contributed by atoms with Gasteiger partial charge in [0.05, 0.1) is 18.8 Å². The number of hydrogen-bond donors (Lipinski definition) is 0. The minimum absolute atomic E-state index is 0.127. The summed E-state index contributed by atoms with van der Waals surface area (Å²) in [6, 6.07) is 18.9. The lowest BCUT2D eigenvalue weighted by molar-refractivity contribution is 0.0304. The van der Waals surface area contributed by atoms with Gasteiger partial charge in [0.15, 0.2) is 0 Å². The zero-order chi connectivity index (χ0) is 19.2. The van der Waals surface area contributed by atoms with Crippen LogP contribution in [0.2, 0.25) is 0 Å². The van der Waals surface area contributed by atoms with Gasteiger partial charge in [-0.2, -0.15) is 0 Å². The van der Waals surface area contributed by atoms with E-state index in [1.54, 1.807) is 0 Å².